The number of sulfonamides is 1. The van der Waals surface area contributed by atoms with E-state index in [0.717, 1.165) is 26.5 Å². The highest BCUT2D eigenvalue weighted by atomic mass is 32.2. The summed E-state index contributed by atoms with van der Waals surface area (Å²) in [4.78, 5) is 30.1. The van der Waals surface area contributed by atoms with E-state index in [1.165, 1.54) is 22.7 Å². The zero-order valence-electron chi connectivity index (χ0n) is 20.4. The molecule has 3 aromatic heterocycles. The van der Waals surface area contributed by atoms with Gasteiger partial charge in [0.25, 0.3) is 10.0 Å². The molecule has 0 amide bonds. The van der Waals surface area contributed by atoms with E-state index in [9.17, 15) is 26.4 Å². The number of likely N-dealkylation sites (N-methyl/N-ethyl adjacent to an activating group) is 1. The van der Waals surface area contributed by atoms with E-state index in [1.807, 2.05) is 25.1 Å². The van der Waals surface area contributed by atoms with Crippen molar-refractivity contribution in [2.75, 3.05) is 18.3 Å². The molecule has 10 nitrogen and oxygen atoms in total. The maximum absolute atomic E-state index is 13.0. The summed E-state index contributed by atoms with van der Waals surface area (Å²) in [5.74, 6) is -3.64. The number of fused-ring (bicyclic) bond motifs is 1. The Balaban J connectivity index is 0.000000532. The summed E-state index contributed by atoms with van der Waals surface area (Å²) in [5, 5.41) is 19.4. The fourth-order valence-corrected chi connectivity index (χ4v) is 7.02. The first-order valence-electron chi connectivity index (χ1n) is 11.1. The predicted octanol–water partition coefficient (Wildman–Crippen LogP) is 4.87. The molecule has 0 aliphatic heterocycles. The molecule has 39 heavy (non-hydrogen) atoms. The van der Waals surface area contributed by atoms with Gasteiger partial charge in [-0.25, -0.2) is 18.2 Å². The molecule has 210 valence electrons. The van der Waals surface area contributed by atoms with Gasteiger partial charge in [0, 0.05) is 23.0 Å². The topological polar surface area (TPSA) is 153 Å². The van der Waals surface area contributed by atoms with Crippen LogP contribution in [0.1, 0.15) is 17.4 Å². The van der Waals surface area contributed by atoms with Crippen LogP contribution in [-0.2, 0) is 32.6 Å². The van der Waals surface area contributed by atoms with Crippen molar-refractivity contribution in [1.29, 1.82) is 0 Å². The number of anilines is 1. The predicted molar refractivity (Wildman–Crippen MR) is 142 cm³/mol. The molecule has 4 N–H and O–H groups in total. The van der Waals surface area contributed by atoms with E-state index < -0.39 is 28.1 Å². The Morgan fingerprint density at radius 1 is 1.21 bits per heavy atom. The van der Waals surface area contributed by atoms with Gasteiger partial charge in [-0.15, -0.1) is 22.7 Å². The molecule has 0 saturated heterocycles. The second kappa shape index (κ2) is 12.1. The van der Waals surface area contributed by atoms with Gasteiger partial charge >= 0.3 is 18.1 Å². The van der Waals surface area contributed by atoms with Crippen molar-refractivity contribution in [3.8, 4) is 10.7 Å². The summed E-state index contributed by atoms with van der Waals surface area (Å²) in [5.41, 5.74) is 2.72. The molecule has 0 atom stereocenters. The standard InChI is InChI=1S/C21H22N4O4S3.C2HF3O2/c1-3-13-7-8-30-21(13)32(28,29)24-16-6-4-5-14-9-17(23-19(14)16)20-22-10-15(31-20)11-25(2)12-18(26)27;3-2(4,5)1(6)7/h4-10,23-24H,3,11-12H2,1-2H3,(H,26,27);(H,6,7). The molecule has 0 bridgehead atoms. The first kappa shape index (κ1) is 30.1. The van der Waals surface area contributed by atoms with Crippen molar-refractivity contribution < 1.29 is 41.4 Å². The first-order valence-corrected chi connectivity index (χ1v) is 14.3. The number of aromatic amines is 1. The fraction of sp³-hybridized carbons (Fsp3) is 0.261. The van der Waals surface area contributed by atoms with Crippen molar-refractivity contribution in [2.24, 2.45) is 0 Å². The minimum atomic E-state index is -5.08. The molecule has 4 rings (SSSR count). The average molecular weight is 605 g/mol. The Hall–Kier alpha value is -3.47. The van der Waals surface area contributed by atoms with Crippen LogP contribution in [-0.4, -0.2) is 65.2 Å². The number of hydrogen-bond acceptors (Lipinski definition) is 8. The molecule has 0 radical (unpaired) electrons. The van der Waals surface area contributed by atoms with Gasteiger partial charge in [0.1, 0.15) is 9.22 Å². The fourth-order valence-electron chi connectivity index (χ4n) is 3.43. The molecular weight excluding hydrogens is 581 g/mol. The zero-order chi connectivity index (χ0) is 29.0. The quantitative estimate of drug-likeness (QED) is 0.211. The number of halogens is 3. The highest BCUT2D eigenvalue weighted by Gasteiger charge is 2.38. The van der Waals surface area contributed by atoms with Gasteiger partial charge in [-0.3, -0.25) is 14.4 Å². The van der Waals surface area contributed by atoms with Crippen LogP contribution < -0.4 is 4.72 Å². The molecule has 0 saturated carbocycles. The Morgan fingerprint density at radius 3 is 2.51 bits per heavy atom. The average Bonchev–Trinajstić information content (AvgIpc) is 3.57. The van der Waals surface area contributed by atoms with Crippen LogP contribution in [0.15, 0.2) is 46.1 Å². The minimum Gasteiger partial charge on any atom is -0.480 e. The van der Waals surface area contributed by atoms with Crippen LogP contribution in [0.3, 0.4) is 0 Å². The first-order chi connectivity index (χ1) is 18.2. The number of carbonyl (C=O) groups is 2. The number of hydrogen-bond donors (Lipinski definition) is 4. The summed E-state index contributed by atoms with van der Waals surface area (Å²) in [6.07, 6.45) is -2.71. The highest BCUT2D eigenvalue weighted by molar-refractivity contribution is 7.94. The van der Waals surface area contributed by atoms with Crippen LogP contribution in [0, 0.1) is 0 Å². The number of aliphatic carboxylic acids is 2. The number of thiophene rings is 1. The van der Waals surface area contributed by atoms with E-state index in [2.05, 4.69) is 14.7 Å². The molecule has 4 aromatic rings. The normalized spacial score (nSPS) is 11.8. The number of alkyl halides is 3. The van der Waals surface area contributed by atoms with Crippen LogP contribution in [0.5, 0.6) is 0 Å². The van der Waals surface area contributed by atoms with Crippen molar-refractivity contribution in [2.45, 2.75) is 30.3 Å². The lowest BCUT2D eigenvalue weighted by Crippen LogP contribution is -2.24. The molecule has 0 fully saturated rings. The Morgan fingerprint density at radius 2 is 1.90 bits per heavy atom. The summed E-state index contributed by atoms with van der Waals surface area (Å²) in [6, 6.07) is 9.21. The lowest BCUT2D eigenvalue weighted by Gasteiger charge is -2.11. The number of H-pyrrole nitrogens is 1. The van der Waals surface area contributed by atoms with Crippen molar-refractivity contribution in [1.82, 2.24) is 14.9 Å². The molecule has 0 aliphatic rings. The largest absolute Gasteiger partial charge is 0.490 e. The number of carboxylic acid groups (broad SMARTS) is 2. The number of carboxylic acids is 2. The van der Waals surface area contributed by atoms with Crippen molar-refractivity contribution >= 4 is 61.2 Å². The maximum atomic E-state index is 13.0. The van der Waals surface area contributed by atoms with E-state index in [1.54, 1.807) is 35.7 Å². The monoisotopic (exact) mass is 604 g/mol. The van der Waals surface area contributed by atoms with E-state index >= 15 is 0 Å². The lowest BCUT2D eigenvalue weighted by molar-refractivity contribution is -0.192. The van der Waals surface area contributed by atoms with Gasteiger partial charge in [-0.05, 0) is 42.6 Å². The Kier molecular flexibility index (Phi) is 9.37. The summed E-state index contributed by atoms with van der Waals surface area (Å²) in [6.45, 7) is 2.36. The van der Waals surface area contributed by atoms with Gasteiger partial charge in [-0.2, -0.15) is 13.2 Å². The third kappa shape index (κ3) is 7.78. The Labute approximate surface area is 228 Å². The summed E-state index contributed by atoms with van der Waals surface area (Å²) >= 11 is 2.67. The van der Waals surface area contributed by atoms with Gasteiger partial charge in [0.15, 0.2) is 0 Å². The molecule has 3 heterocycles. The number of benzene rings is 1. The number of aryl methyl sites for hydroxylation is 1. The van der Waals surface area contributed by atoms with Crippen LogP contribution in [0.25, 0.3) is 21.6 Å². The SMILES string of the molecule is CCc1ccsc1S(=O)(=O)Nc1cccc2cc(-c3ncc(CN(C)CC(=O)O)s3)[nH]c12.O=C(O)C(F)(F)F. The molecule has 0 spiro atoms. The number of aromatic nitrogens is 2. The van der Waals surface area contributed by atoms with Crippen LogP contribution in [0.2, 0.25) is 0 Å². The van der Waals surface area contributed by atoms with E-state index in [0.29, 0.717) is 28.4 Å². The third-order valence-electron chi connectivity index (χ3n) is 5.09. The lowest BCUT2D eigenvalue weighted by atomic mass is 10.2. The second-order valence-corrected chi connectivity index (χ2v) is 12.1. The van der Waals surface area contributed by atoms with Crippen LogP contribution in [0.4, 0.5) is 18.9 Å². The van der Waals surface area contributed by atoms with Gasteiger partial charge in [-0.1, -0.05) is 19.1 Å². The Bertz CT molecular complexity index is 1580. The second-order valence-electron chi connectivity index (χ2n) is 8.15. The smallest absolute Gasteiger partial charge is 0.480 e. The third-order valence-corrected chi connectivity index (χ3v) is 9.04. The molecule has 16 heteroatoms. The van der Waals surface area contributed by atoms with Gasteiger partial charge in [0.05, 0.1) is 23.4 Å². The molecule has 0 aliphatic carbocycles. The number of thiazole rings is 1. The molecular formula is C23H23F3N4O6S3. The summed E-state index contributed by atoms with van der Waals surface area (Å²) in [7, 11) is -1.95. The number of nitrogens with one attached hydrogen (secondary N) is 2. The van der Waals surface area contributed by atoms with E-state index in [-0.39, 0.29) is 6.54 Å². The number of nitrogens with zero attached hydrogens (tertiary/aromatic N) is 2. The zero-order valence-corrected chi connectivity index (χ0v) is 22.9. The maximum Gasteiger partial charge on any atom is 0.490 e. The highest BCUT2D eigenvalue weighted by Crippen LogP contribution is 2.33. The van der Waals surface area contributed by atoms with Gasteiger partial charge in [0.2, 0.25) is 0 Å². The minimum absolute atomic E-state index is 0.0485. The number of rotatable bonds is 9. The van der Waals surface area contributed by atoms with Crippen LogP contribution >= 0.6 is 22.7 Å². The van der Waals surface area contributed by atoms with Gasteiger partial charge < -0.3 is 15.2 Å². The molecule has 0 unspecified atom stereocenters. The van der Waals surface area contributed by atoms with Crippen molar-refractivity contribution in [3.05, 3.63) is 52.3 Å². The van der Waals surface area contributed by atoms with E-state index in [4.69, 9.17) is 15.0 Å². The molecule has 1 aromatic carbocycles. The number of para-hydroxylation sites is 1. The van der Waals surface area contributed by atoms with Crippen molar-refractivity contribution in [3.63, 3.8) is 0 Å². The summed E-state index contributed by atoms with van der Waals surface area (Å²) < 4.78 is 60.7.